The maximum Gasteiger partial charge on any atom is 0.194 e. The summed E-state index contributed by atoms with van der Waals surface area (Å²) < 4.78 is 0. The van der Waals surface area contributed by atoms with Crippen molar-refractivity contribution in [2.75, 3.05) is 0 Å². The van der Waals surface area contributed by atoms with Gasteiger partial charge >= 0.3 is 0 Å². The molecule has 0 unspecified atom stereocenters. The van der Waals surface area contributed by atoms with Gasteiger partial charge < -0.3 is 10.2 Å². The Morgan fingerprint density at radius 3 is 1.56 bits per heavy atom. The van der Waals surface area contributed by atoms with Crippen molar-refractivity contribution in [3.63, 3.8) is 0 Å². The zero-order valence-corrected chi connectivity index (χ0v) is 12.2. The zero-order chi connectivity index (χ0) is 12.9. The highest BCUT2D eigenvalue weighted by Crippen LogP contribution is 2.07. The van der Waals surface area contributed by atoms with Crippen LogP contribution in [0.3, 0.4) is 0 Å². The molecule has 3 heteroatoms. The Hall–Kier alpha value is -0.730. The second-order valence-electron chi connectivity index (χ2n) is 5.44. The molecule has 0 heterocycles. The fourth-order valence-corrected chi connectivity index (χ4v) is 1.77. The van der Waals surface area contributed by atoms with Gasteiger partial charge in [0.2, 0.25) is 0 Å². The molecule has 0 amide bonds. The third kappa shape index (κ3) is 5.38. The third-order valence-corrected chi connectivity index (χ3v) is 2.16. The highest BCUT2D eigenvalue weighted by Gasteiger charge is 2.19. The van der Waals surface area contributed by atoms with Gasteiger partial charge in [0, 0.05) is 24.2 Å². The average molecular weight is 227 g/mol. The van der Waals surface area contributed by atoms with Crippen LogP contribution in [0.5, 0.6) is 0 Å². The van der Waals surface area contributed by atoms with Crippen LogP contribution < -0.4 is 5.32 Å². The first-order valence-corrected chi connectivity index (χ1v) is 6.38. The van der Waals surface area contributed by atoms with Crippen molar-refractivity contribution in [1.82, 2.24) is 10.2 Å². The first-order chi connectivity index (χ1) is 7.25. The number of aliphatic imine (C=N–C) groups is 1. The van der Waals surface area contributed by atoms with Gasteiger partial charge in [-0.25, -0.2) is 0 Å². The van der Waals surface area contributed by atoms with E-state index in [0.717, 1.165) is 5.96 Å². The minimum Gasteiger partial charge on any atom is -0.354 e. The summed E-state index contributed by atoms with van der Waals surface area (Å²) in [5.74, 6) is 1.02. The lowest BCUT2D eigenvalue weighted by molar-refractivity contribution is 0.278. The topological polar surface area (TPSA) is 27.6 Å². The van der Waals surface area contributed by atoms with Gasteiger partial charge in [-0.1, -0.05) is 0 Å². The fourth-order valence-electron chi connectivity index (χ4n) is 1.77. The van der Waals surface area contributed by atoms with E-state index in [9.17, 15) is 0 Å². The molecule has 0 aliphatic heterocycles. The molecule has 0 radical (unpaired) electrons. The average Bonchev–Trinajstić information content (AvgIpc) is 1.98. The standard InChI is InChI=1S/C13H29N3/c1-9(2)14-13(15-10(3)4)16(11(5)6)12(7)8/h9-12H,1-8H3,(H,14,15). The van der Waals surface area contributed by atoms with Gasteiger partial charge in [-0.3, -0.25) is 4.99 Å². The summed E-state index contributed by atoms with van der Waals surface area (Å²) in [6.07, 6.45) is 0. The largest absolute Gasteiger partial charge is 0.354 e. The van der Waals surface area contributed by atoms with E-state index >= 15 is 0 Å². The van der Waals surface area contributed by atoms with Crippen LogP contribution in [0.15, 0.2) is 4.99 Å². The van der Waals surface area contributed by atoms with E-state index in [-0.39, 0.29) is 0 Å². The van der Waals surface area contributed by atoms with E-state index in [1.165, 1.54) is 0 Å². The van der Waals surface area contributed by atoms with E-state index in [4.69, 9.17) is 4.99 Å². The SMILES string of the molecule is CC(C)N=C(NC(C)C)N(C(C)C)C(C)C. The van der Waals surface area contributed by atoms with Crippen molar-refractivity contribution in [2.45, 2.75) is 79.6 Å². The number of rotatable bonds is 4. The van der Waals surface area contributed by atoms with Gasteiger partial charge in [-0.2, -0.15) is 0 Å². The van der Waals surface area contributed by atoms with Crippen LogP contribution in [-0.2, 0) is 0 Å². The van der Waals surface area contributed by atoms with E-state index in [1.54, 1.807) is 0 Å². The Kier molecular flexibility index (Phi) is 6.46. The Morgan fingerprint density at radius 1 is 0.875 bits per heavy atom. The monoisotopic (exact) mass is 227 g/mol. The van der Waals surface area contributed by atoms with Crippen LogP contribution in [0.25, 0.3) is 0 Å². The number of hydrogen-bond acceptors (Lipinski definition) is 1. The van der Waals surface area contributed by atoms with Gasteiger partial charge in [0.25, 0.3) is 0 Å². The predicted molar refractivity (Wildman–Crippen MR) is 73.0 cm³/mol. The van der Waals surface area contributed by atoms with Crippen molar-refractivity contribution in [3.8, 4) is 0 Å². The molecule has 0 aliphatic rings. The normalized spacial score (nSPS) is 13.1. The molecule has 3 nitrogen and oxygen atoms in total. The fraction of sp³-hybridized carbons (Fsp3) is 0.923. The number of hydrogen-bond donors (Lipinski definition) is 1. The molecule has 0 aromatic carbocycles. The van der Waals surface area contributed by atoms with Crippen molar-refractivity contribution in [3.05, 3.63) is 0 Å². The van der Waals surface area contributed by atoms with Crippen molar-refractivity contribution >= 4 is 5.96 Å². The summed E-state index contributed by atoms with van der Waals surface area (Å²) in [6, 6.07) is 1.66. The smallest absolute Gasteiger partial charge is 0.194 e. The van der Waals surface area contributed by atoms with E-state index in [1.807, 2.05) is 0 Å². The minimum atomic E-state index is 0.321. The Bertz CT molecular complexity index is 209. The van der Waals surface area contributed by atoms with Crippen LogP contribution in [0.4, 0.5) is 0 Å². The molecule has 16 heavy (non-hydrogen) atoms. The summed E-state index contributed by atoms with van der Waals surface area (Å²) >= 11 is 0. The van der Waals surface area contributed by atoms with Crippen molar-refractivity contribution < 1.29 is 0 Å². The molecule has 96 valence electrons. The predicted octanol–water partition coefficient (Wildman–Crippen LogP) is 2.87. The zero-order valence-electron chi connectivity index (χ0n) is 12.2. The van der Waals surface area contributed by atoms with Crippen LogP contribution in [-0.4, -0.2) is 35.0 Å². The first kappa shape index (κ1) is 15.3. The lowest BCUT2D eigenvalue weighted by Gasteiger charge is -2.35. The molecule has 0 aromatic heterocycles. The summed E-state index contributed by atoms with van der Waals surface area (Å²) in [5, 5.41) is 3.45. The lowest BCUT2D eigenvalue weighted by Crippen LogP contribution is -2.51. The maximum absolute atomic E-state index is 4.69. The van der Waals surface area contributed by atoms with Crippen molar-refractivity contribution in [1.29, 1.82) is 0 Å². The molecule has 0 aliphatic carbocycles. The molecular weight excluding hydrogens is 198 g/mol. The number of guanidine groups is 1. The molecule has 0 spiro atoms. The van der Waals surface area contributed by atoms with Gasteiger partial charge in [0.1, 0.15) is 0 Å². The minimum absolute atomic E-state index is 0.321. The molecule has 0 fully saturated rings. The highest BCUT2D eigenvalue weighted by molar-refractivity contribution is 5.81. The van der Waals surface area contributed by atoms with E-state index in [0.29, 0.717) is 24.2 Å². The van der Waals surface area contributed by atoms with Crippen LogP contribution in [0, 0.1) is 0 Å². The molecule has 0 aromatic rings. The van der Waals surface area contributed by atoms with Crippen molar-refractivity contribution in [2.24, 2.45) is 4.99 Å². The summed E-state index contributed by atoms with van der Waals surface area (Å²) in [6.45, 7) is 17.3. The summed E-state index contributed by atoms with van der Waals surface area (Å²) in [4.78, 5) is 7.02. The Morgan fingerprint density at radius 2 is 1.31 bits per heavy atom. The third-order valence-electron chi connectivity index (χ3n) is 2.16. The van der Waals surface area contributed by atoms with Crippen LogP contribution in [0.1, 0.15) is 55.4 Å². The number of nitrogens with zero attached hydrogens (tertiary/aromatic N) is 2. The van der Waals surface area contributed by atoms with Gasteiger partial charge in [-0.05, 0) is 55.4 Å². The molecule has 0 saturated carbocycles. The first-order valence-electron chi connectivity index (χ1n) is 6.38. The second-order valence-corrected chi connectivity index (χ2v) is 5.44. The molecule has 0 atom stereocenters. The van der Waals surface area contributed by atoms with Gasteiger partial charge in [0.05, 0.1) is 0 Å². The summed E-state index contributed by atoms with van der Waals surface area (Å²) in [7, 11) is 0. The highest BCUT2D eigenvalue weighted by atomic mass is 15.3. The molecule has 0 saturated heterocycles. The molecular formula is C13H29N3. The molecule has 0 bridgehead atoms. The Balaban J connectivity index is 4.97. The maximum atomic E-state index is 4.69. The van der Waals surface area contributed by atoms with Crippen LogP contribution in [0.2, 0.25) is 0 Å². The lowest BCUT2D eigenvalue weighted by atomic mass is 10.2. The van der Waals surface area contributed by atoms with E-state index in [2.05, 4.69) is 65.6 Å². The van der Waals surface area contributed by atoms with Gasteiger partial charge in [-0.15, -0.1) is 0 Å². The van der Waals surface area contributed by atoms with Crippen LogP contribution >= 0.6 is 0 Å². The molecule has 1 N–H and O–H groups in total. The quantitative estimate of drug-likeness (QED) is 0.591. The summed E-state index contributed by atoms with van der Waals surface area (Å²) in [5.41, 5.74) is 0. The number of nitrogens with one attached hydrogen (secondary N) is 1. The van der Waals surface area contributed by atoms with Gasteiger partial charge in [0.15, 0.2) is 5.96 Å². The Labute approximate surface area is 101 Å². The molecule has 0 rings (SSSR count). The van der Waals surface area contributed by atoms with E-state index < -0.39 is 0 Å². The second kappa shape index (κ2) is 6.77.